The highest BCUT2D eigenvalue weighted by Gasteiger charge is 2.23. The number of rotatable bonds is 6. The summed E-state index contributed by atoms with van der Waals surface area (Å²) in [6.07, 6.45) is 4.00. The van der Waals surface area contributed by atoms with E-state index in [1.54, 1.807) is 18.3 Å². The number of ether oxygens (including phenoxy) is 1. The molecule has 112 valence electrons. The Labute approximate surface area is 128 Å². The van der Waals surface area contributed by atoms with Crippen molar-refractivity contribution in [3.05, 3.63) is 52.7 Å². The Bertz CT molecular complexity index is 609. The molecule has 0 aliphatic heterocycles. The quantitative estimate of drug-likeness (QED) is 0.889. The number of nitrogens with one attached hydrogen (secondary N) is 1. The van der Waals surface area contributed by atoms with E-state index in [1.807, 2.05) is 6.92 Å². The maximum Gasteiger partial charge on any atom is 0.237 e. The number of halogens is 2. The number of benzene rings is 1. The Kier molecular flexibility index (Phi) is 5.47. The van der Waals surface area contributed by atoms with E-state index in [1.165, 1.54) is 19.4 Å². The lowest BCUT2D eigenvalue weighted by Crippen LogP contribution is -2.25. The molecule has 0 aliphatic rings. The van der Waals surface area contributed by atoms with E-state index >= 15 is 0 Å². The highest BCUT2D eigenvalue weighted by atomic mass is 35.5. The van der Waals surface area contributed by atoms with Gasteiger partial charge >= 0.3 is 0 Å². The maximum atomic E-state index is 14.3. The molecule has 0 radical (unpaired) electrons. The van der Waals surface area contributed by atoms with Crippen LogP contribution in [0.3, 0.4) is 0 Å². The van der Waals surface area contributed by atoms with Gasteiger partial charge in [-0.25, -0.2) is 9.37 Å². The monoisotopic (exact) mass is 309 g/mol. The second-order valence-electron chi connectivity index (χ2n) is 4.48. The largest absolute Gasteiger partial charge is 0.480 e. The summed E-state index contributed by atoms with van der Waals surface area (Å²) in [5.41, 5.74) is 0.962. The summed E-state index contributed by atoms with van der Waals surface area (Å²) in [5.74, 6) is -0.0917. The fourth-order valence-electron chi connectivity index (χ4n) is 2.08. The van der Waals surface area contributed by atoms with Crippen molar-refractivity contribution in [1.82, 2.24) is 15.3 Å². The topological polar surface area (TPSA) is 47.0 Å². The standard InChI is InChI=1S/C15H17ClFN3O/c1-3-7-18-13(10-5-4-6-11(16)12(10)17)14-15(21-2)20-9-8-19-14/h4-6,8-9,13,18H,3,7H2,1-2H3. The molecule has 0 spiro atoms. The van der Waals surface area contributed by atoms with Gasteiger partial charge in [0.15, 0.2) is 0 Å². The molecule has 1 N–H and O–H groups in total. The average Bonchev–Trinajstić information content (AvgIpc) is 2.52. The van der Waals surface area contributed by atoms with E-state index in [0.717, 1.165) is 6.42 Å². The predicted molar refractivity (Wildman–Crippen MR) is 80.1 cm³/mol. The van der Waals surface area contributed by atoms with Gasteiger partial charge in [-0.3, -0.25) is 4.98 Å². The van der Waals surface area contributed by atoms with Gasteiger partial charge < -0.3 is 10.1 Å². The lowest BCUT2D eigenvalue weighted by atomic mass is 10.0. The van der Waals surface area contributed by atoms with Crippen LogP contribution in [0.5, 0.6) is 5.88 Å². The molecule has 1 heterocycles. The number of methoxy groups -OCH3 is 1. The van der Waals surface area contributed by atoms with E-state index in [4.69, 9.17) is 16.3 Å². The summed E-state index contributed by atoms with van der Waals surface area (Å²) in [6.45, 7) is 2.74. The van der Waals surface area contributed by atoms with Crippen LogP contribution >= 0.6 is 11.6 Å². The highest BCUT2D eigenvalue weighted by Crippen LogP contribution is 2.30. The minimum absolute atomic E-state index is 0.0821. The molecule has 0 saturated heterocycles. The summed E-state index contributed by atoms with van der Waals surface area (Å²) < 4.78 is 19.6. The second-order valence-corrected chi connectivity index (χ2v) is 4.89. The molecule has 0 saturated carbocycles. The molecule has 1 atom stereocenters. The number of hydrogen-bond acceptors (Lipinski definition) is 4. The molecule has 21 heavy (non-hydrogen) atoms. The van der Waals surface area contributed by atoms with Crippen LogP contribution < -0.4 is 10.1 Å². The van der Waals surface area contributed by atoms with Crippen LogP contribution in [-0.4, -0.2) is 23.6 Å². The summed E-state index contributed by atoms with van der Waals surface area (Å²) in [7, 11) is 1.51. The van der Waals surface area contributed by atoms with Crippen LogP contribution in [-0.2, 0) is 0 Å². The summed E-state index contributed by atoms with van der Waals surface area (Å²) in [6, 6.07) is 4.45. The van der Waals surface area contributed by atoms with Crippen molar-refractivity contribution >= 4 is 11.6 Å². The SMILES string of the molecule is CCCNC(c1cccc(Cl)c1F)c1nccnc1OC. The van der Waals surface area contributed by atoms with Crippen molar-refractivity contribution in [2.75, 3.05) is 13.7 Å². The van der Waals surface area contributed by atoms with Gasteiger partial charge in [-0.1, -0.05) is 30.7 Å². The normalized spacial score (nSPS) is 12.2. The summed E-state index contributed by atoms with van der Waals surface area (Å²) in [4.78, 5) is 8.41. The fraction of sp³-hybridized carbons (Fsp3) is 0.333. The predicted octanol–water partition coefficient (Wildman–Crippen LogP) is 3.37. The maximum absolute atomic E-state index is 14.3. The molecule has 1 aromatic carbocycles. The lowest BCUT2D eigenvalue weighted by molar-refractivity contribution is 0.381. The molecule has 0 fully saturated rings. The van der Waals surface area contributed by atoms with Crippen molar-refractivity contribution in [2.24, 2.45) is 0 Å². The summed E-state index contributed by atoms with van der Waals surface area (Å²) in [5, 5.41) is 3.35. The van der Waals surface area contributed by atoms with Gasteiger partial charge in [-0.15, -0.1) is 0 Å². The number of aromatic nitrogens is 2. The molecular formula is C15H17ClFN3O. The molecular weight excluding hydrogens is 293 g/mol. The zero-order chi connectivity index (χ0) is 15.2. The molecule has 0 amide bonds. The number of nitrogens with zero attached hydrogens (tertiary/aromatic N) is 2. The van der Waals surface area contributed by atoms with E-state index in [-0.39, 0.29) is 5.02 Å². The van der Waals surface area contributed by atoms with E-state index in [0.29, 0.717) is 23.7 Å². The third-order valence-electron chi connectivity index (χ3n) is 3.05. The first-order valence-corrected chi connectivity index (χ1v) is 7.09. The zero-order valence-electron chi connectivity index (χ0n) is 11.9. The first-order chi connectivity index (χ1) is 10.2. The molecule has 0 aliphatic carbocycles. The van der Waals surface area contributed by atoms with E-state index in [9.17, 15) is 4.39 Å². The third-order valence-corrected chi connectivity index (χ3v) is 3.34. The average molecular weight is 310 g/mol. The van der Waals surface area contributed by atoms with Crippen LogP contribution in [0.2, 0.25) is 5.02 Å². The lowest BCUT2D eigenvalue weighted by Gasteiger charge is -2.20. The molecule has 6 heteroatoms. The van der Waals surface area contributed by atoms with Gasteiger partial charge in [-0.05, 0) is 19.0 Å². The minimum Gasteiger partial charge on any atom is -0.480 e. The Morgan fingerprint density at radius 3 is 2.81 bits per heavy atom. The molecule has 2 aromatic rings. The van der Waals surface area contributed by atoms with Crippen LogP contribution in [0, 0.1) is 5.82 Å². The van der Waals surface area contributed by atoms with E-state index < -0.39 is 11.9 Å². The highest BCUT2D eigenvalue weighted by molar-refractivity contribution is 6.30. The van der Waals surface area contributed by atoms with Gasteiger partial charge in [0, 0.05) is 18.0 Å². The van der Waals surface area contributed by atoms with Crippen LogP contribution in [0.1, 0.15) is 30.6 Å². The van der Waals surface area contributed by atoms with E-state index in [2.05, 4.69) is 15.3 Å². The smallest absolute Gasteiger partial charge is 0.237 e. The molecule has 2 rings (SSSR count). The summed E-state index contributed by atoms with van der Waals surface area (Å²) >= 11 is 5.88. The second kappa shape index (κ2) is 7.33. The van der Waals surface area contributed by atoms with Crippen molar-refractivity contribution in [2.45, 2.75) is 19.4 Å². The van der Waals surface area contributed by atoms with Crippen molar-refractivity contribution < 1.29 is 9.13 Å². The van der Waals surface area contributed by atoms with Crippen molar-refractivity contribution in [1.29, 1.82) is 0 Å². The molecule has 0 bridgehead atoms. The van der Waals surface area contributed by atoms with Gasteiger partial charge in [0.05, 0.1) is 18.2 Å². The van der Waals surface area contributed by atoms with Gasteiger partial charge in [-0.2, -0.15) is 0 Å². The van der Waals surface area contributed by atoms with Gasteiger partial charge in [0.25, 0.3) is 0 Å². The Morgan fingerprint density at radius 1 is 1.33 bits per heavy atom. The zero-order valence-corrected chi connectivity index (χ0v) is 12.7. The Morgan fingerprint density at radius 2 is 2.10 bits per heavy atom. The molecule has 1 unspecified atom stereocenters. The Hall–Kier alpha value is -1.72. The first-order valence-electron chi connectivity index (χ1n) is 6.71. The molecule has 1 aromatic heterocycles. The first kappa shape index (κ1) is 15.7. The van der Waals surface area contributed by atoms with Crippen LogP contribution in [0.25, 0.3) is 0 Å². The molecule has 4 nitrogen and oxygen atoms in total. The number of hydrogen-bond donors (Lipinski definition) is 1. The van der Waals surface area contributed by atoms with Gasteiger partial charge in [0.2, 0.25) is 5.88 Å². The Balaban J connectivity index is 2.50. The van der Waals surface area contributed by atoms with Gasteiger partial charge in [0.1, 0.15) is 11.5 Å². The van der Waals surface area contributed by atoms with Crippen molar-refractivity contribution in [3.8, 4) is 5.88 Å². The van der Waals surface area contributed by atoms with Crippen molar-refractivity contribution in [3.63, 3.8) is 0 Å². The fourth-order valence-corrected chi connectivity index (χ4v) is 2.26. The van der Waals surface area contributed by atoms with Crippen LogP contribution in [0.15, 0.2) is 30.6 Å². The minimum atomic E-state index is -0.465. The van der Waals surface area contributed by atoms with Crippen LogP contribution in [0.4, 0.5) is 4.39 Å². The third kappa shape index (κ3) is 3.49.